The van der Waals surface area contributed by atoms with Crippen LogP contribution in [0.4, 0.5) is 0 Å². The molecule has 1 heterocycles. The second-order valence-electron chi connectivity index (χ2n) is 7.02. The Morgan fingerprint density at radius 3 is 1.84 bits per heavy atom. The van der Waals surface area contributed by atoms with Gasteiger partial charge in [0.25, 0.3) is 0 Å². The molecule has 4 aromatic carbocycles. The average molecular weight is 871 g/mol. The number of thiophene rings is 1. The van der Waals surface area contributed by atoms with Gasteiger partial charge in [-0.05, 0) is 133 Å². The van der Waals surface area contributed by atoms with Crippen molar-refractivity contribution < 1.29 is 4.74 Å². The van der Waals surface area contributed by atoms with Gasteiger partial charge in [0.15, 0.2) is 14.3 Å². The molecule has 5 aromatic rings. The fourth-order valence-electron chi connectivity index (χ4n) is 3.67. The van der Waals surface area contributed by atoms with Crippen molar-refractivity contribution in [3.63, 3.8) is 0 Å². The van der Waals surface area contributed by atoms with Gasteiger partial charge in [-0.1, -0.05) is 24.3 Å². The van der Waals surface area contributed by atoms with E-state index in [4.69, 9.17) is 4.74 Å². The summed E-state index contributed by atoms with van der Waals surface area (Å²) >= 11 is 9.67. The molecule has 1 nitrogen and oxygen atoms in total. The maximum Gasteiger partial charge on any atom is 0.187 e. The fourth-order valence-corrected chi connectivity index (χ4v) is 9.37. The topological polar surface area (TPSA) is 9.23 Å². The first-order chi connectivity index (χ1) is 15.0. The van der Waals surface area contributed by atoms with E-state index in [2.05, 4.69) is 169 Å². The molecule has 0 unspecified atom stereocenters. The third-order valence-electron chi connectivity index (χ3n) is 5.14. The van der Waals surface area contributed by atoms with E-state index in [1.165, 1.54) is 44.9 Å². The highest BCUT2D eigenvalue weighted by Gasteiger charge is 2.23. The van der Waals surface area contributed by atoms with Crippen molar-refractivity contribution in [3.05, 3.63) is 98.7 Å². The number of halogens is 4. The third-order valence-corrected chi connectivity index (χ3v) is 14.8. The first-order valence-electron chi connectivity index (χ1n) is 9.52. The Morgan fingerprint density at radius 2 is 1.23 bits per heavy atom. The highest BCUT2D eigenvalue weighted by Crippen LogP contribution is 2.48. The summed E-state index contributed by atoms with van der Waals surface area (Å²) in [6.07, 6.45) is 0. The van der Waals surface area contributed by atoms with Crippen LogP contribution in [0.3, 0.4) is 0 Å². The van der Waals surface area contributed by atoms with Gasteiger partial charge in [-0.15, -0.1) is 0 Å². The molecule has 5 rings (SSSR count). The predicted molar refractivity (Wildman–Crippen MR) is 167 cm³/mol. The number of benzene rings is 4. The summed E-state index contributed by atoms with van der Waals surface area (Å²) in [5.41, 5.74) is 1.24. The van der Waals surface area contributed by atoms with Crippen molar-refractivity contribution in [2.75, 3.05) is 0 Å². The van der Waals surface area contributed by atoms with E-state index < -0.39 is 0 Å². The lowest BCUT2D eigenvalue weighted by molar-refractivity contribution is 0.305. The van der Waals surface area contributed by atoms with Crippen LogP contribution in [0.15, 0.2) is 78.9 Å². The number of rotatable bonds is 4. The second kappa shape index (κ2) is 9.59. The molecule has 0 aliphatic heterocycles. The van der Waals surface area contributed by atoms with Crippen LogP contribution in [0, 0.1) is 14.3 Å². The molecule has 0 spiro atoms. The standard InChI is InChI=1S/C25H15I4OS/c26-20-13-15(23(27)25(29)24(20)28)14-30-16-9-11-17(12-10-16)31-21-7-3-1-5-18(21)19-6-2-4-8-22(19)31/h1-13H,14H2/q+1. The molecule has 0 aliphatic rings. The summed E-state index contributed by atoms with van der Waals surface area (Å²) in [6.45, 7) is 0.581. The molecule has 154 valence electrons. The minimum absolute atomic E-state index is 0.0608. The van der Waals surface area contributed by atoms with Gasteiger partial charge in [0.1, 0.15) is 12.4 Å². The summed E-state index contributed by atoms with van der Waals surface area (Å²) in [7, 11) is -0.0608. The van der Waals surface area contributed by atoms with Crippen LogP contribution in [0.1, 0.15) is 5.56 Å². The van der Waals surface area contributed by atoms with Crippen LogP contribution in [0.2, 0.25) is 0 Å². The Kier molecular flexibility index (Phi) is 6.99. The van der Waals surface area contributed by atoms with Crippen molar-refractivity contribution >= 4 is 121 Å². The molecule has 0 amide bonds. The Balaban J connectivity index is 1.46. The Hall–Kier alpha value is -0.180. The molecular formula is C25H15I4OS+. The Morgan fingerprint density at radius 1 is 0.645 bits per heavy atom. The average Bonchev–Trinajstić information content (AvgIpc) is 3.14. The molecule has 6 heteroatoms. The summed E-state index contributed by atoms with van der Waals surface area (Å²) in [4.78, 5) is 1.33. The van der Waals surface area contributed by atoms with E-state index in [9.17, 15) is 0 Å². The third kappa shape index (κ3) is 4.35. The largest absolute Gasteiger partial charge is 0.489 e. The molecule has 0 atom stereocenters. The monoisotopic (exact) mass is 871 g/mol. The van der Waals surface area contributed by atoms with E-state index in [1.54, 1.807) is 0 Å². The SMILES string of the molecule is Ic1cc(COc2ccc(-[s+]3c4ccccc4c4ccccc43)cc2)c(I)c(I)c1I. The molecule has 0 bridgehead atoms. The molecule has 0 N–H and O–H groups in total. The molecule has 31 heavy (non-hydrogen) atoms. The lowest BCUT2D eigenvalue weighted by atomic mass is 10.2. The van der Waals surface area contributed by atoms with Crippen LogP contribution in [-0.2, 0) is 6.61 Å². The predicted octanol–water partition coefficient (Wildman–Crippen LogP) is 9.73. The zero-order valence-corrected chi connectivity index (χ0v) is 25.5. The van der Waals surface area contributed by atoms with Crippen LogP contribution < -0.4 is 4.74 Å². The summed E-state index contributed by atoms with van der Waals surface area (Å²) in [6, 6.07) is 28.5. The molecule has 0 aliphatic carbocycles. The van der Waals surface area contributed by atoms with Gasteiger partial charge in [-0.25, -0.2) is 0 Å². The van der Waals surface area contributed by atoms with Crippen molar-refractivity contribution in [3.8, 4) is 10.6 Å². The van der Waals surface area contributed by atoms with E-state index in [-0.39, 0.29) is 10.5 Å². The van der Waals surface area contributed by atoms with E-state index >= 15 is 0 Å². The number of ether oxygens (including phenoxy) is 1. The molecule has 0 radical (unpaired) electrons. The number of hydrogen-bond acceptors (Lipinski definition) is 1. The van der Waals surface area contributed by atoms with E-state index in [1.807, 2.05) is 0 Å². The van der Waals surface area contributed by atoms with Crippen molar-refractivity contribution in [1.82, 2.24) is 0 Å². The van der Waals surface area contributed by atoms with Gasteiger partial charge in [0.2, 0.25) is 0 Å². The van der Waals surface area contributed by atoms with Crippen molar-refractivity contribution in [2.24, 2.45) is 0 Å². The minimum Gasteiger partial charge on any atom is -0.489 e. The zero-order valence-electron chi connectivity index (χ0n) is 16.0. The van der Waals surface area contributed by atoms with Gasteiger partial charge in [0.05, 0.1) is 0 Å². The molecular weight excluding hydrogens is 856 g/mol. The fraction of sp³-hybridized carbons (Fsp3) is 0.0400. The summed E-state index contributed by atoms with van der Waals surface area (Å²) in [5, 5.41) is 2.72. The normalized spacial score (nSPS) is 11.4. The van der Waals surface area contributed by atoms with E-state index in [0.29, 0.717) is 6.61 Å². The van der Waals surface area contributed by atoms with Crippen molar-refractivity contribution in [1.29, 1.82) is 0 Å². The van der Waals surface area contributed by atoms with E-state index in [0.717, 1.165) is 5.75 Å². The lowest BCUT2D eigenvalue weighted by Crippen LogP contribution is -2.02. The maximum atomic E-state index is 6.17. The van der Waals surface area contributed by atoms with Gasteiger partial charge in [-0.3, -0.25) is 0 Å². The first kappa shape index (κ1) is 22.6. The number of hydrogen-bond donors (Lipinski definition) is 0. The molecule has 0 saturated heterocycles. The highest BCUT2D eigenvalue weighted by atomic mass is 127. The highest BCUT2D eigenvalue weighted by molar-refractivity contribution is 14.1. The van der Waals surface area contributed by atoms with Gasteiger partial charge < -0.3 is 4.74 Å². The molecule has 0 fully saturated rings. The van der Waals surface area contributed by atoms with Crippen molar-refractivity contribution in [2.45, 2.75) is 6.61 Å². The van der Waals surface area contributed by atoms with Crippen LogP contribution >= 0.6 is 101 Å². The van der Waals surface area contributed by atoms with Crippen LogP contribution in [0.25, 0.3) is 25.1 Å². The smallest absolute Gasteiger partial charge is 0.187 e. The lowest BCUT2D eigenvalue weighted by Gasteiger charge is -2.11. The molecule has 0 saturated carbocycles. The second-order valence-corrected chi connectivity index (χ2v) is 13.4. The van der Waals surface area contributed by atoms with Gasteiger partial charge in [0, 0.05) is 53.2 Å². The van der Waals surface area contributed by atoms with Gasteiger partial charge in [-0.2, -0.15) is 0 Å². The molecule has 1 aromatic heterocycles. The van der Waals surface area contributed by atoms with Gasteiger partial charge >= 0.3 is 0 Å². The Labute approximate surface area is 238 Å². The first-order valence-corrected chi connectivity index (χ1v) is 15.1. The zero-order chi connectivity index (χ0) is 21.5. The summed E-state index contributed by atoms with van der Waals surface area (Å²) < 4.78 is 14.2. The minimum atomic E-state index is -0.0608. The quantitative estimate of drug-likeness (QED) is 0.0757. The maximum absolute atomic E-state index is 6.17. The number of fused-ring (bicyclic) bond motifs is 3. The Bertz CT molecular complexity index is 1370. The summed E-state index contributed by atoms with van der Waals surface area (Å²) in [5.74, 6) is 0.910. The van der Waals surface area contributed by atoms with Crippen LogP contribution in [0.5, 0.6) is 5.75 Å². The van der Waals surface area contributed by atoms with Crippen LogP contribution in [-0.4, -0.2) is 0 Å².